The third-order valence-corrected chi connectivity index (χ3v) is 6.40. The fourth-order valence-corrected chi connectivity index (χ4v) is 4.32. The number of anilines is 1. The SMILES string of the molecule is CCN(C)Cc1cccc(CNC(=O)c2sc(NC(=O)c3ccccc3Cl)cc2C)c1. The van der Waals surface area contributed by atoms with Crippen LogP contribution in [0.25, 0.3) is 0 Å². The minimum absolute atomic E-state index is 0.156. The van der Waals surface area contributed by atoms with Crippen LogP contribution in [0.1, 0.15) is 43.6 Å². The molecule has 162 valence electrons. The second-order valence-corrected chi connectivity index (χ2v) is 8.85. The molecule has 2 aromatic carbocycles. The maximum atomic E-state index is 12.7. The lowest BCUT2D eigenvalue weighted by atomic mass is 10.1. The van der Waals surface area contributed by atoms with E-state index in [1.165, 1.54) is 16.9 Å². The summed E-state index contributed by atoms with van der Waals surface area (Å²) in [6.07, 6.45) is 0. The van der Waals surface area contributed by atoms with Crippen LogP contribution in [0.2, 0.25) is 5.02 Å². The number of aryl methyl sites for hydroxylation is 1. The standard InChI is InChI=1S/C24H26ClN3O2S/c1-4-28(3)15-18-9-7-8-17(13-18)14-26-24(30)22-16(2)12-21(31-22)27-23(29)19-10-5-6-11-20(19)25/h5-13H,4,14-15H2,1-3H3,(H,26,30)(H,27,29). The Labute approximate surface area is 192 Å². The van der Waals surface area contributed by atoms with Crippen LogP contribution in [-0.4, -0.2) is 30.3 Å². The molecular formula is C24H26ClN3O2S. The molecule has 3 rings (SSSR count). The number of carbonyl (C=O) groups excluding carboxylic acids is 2. The van der Waals surface area contributed by atoms with Crippen molar-refractivity contribution in [2.45, 2.75) is 26.9 Å². The molecule has 7 heteroatoms. The molecule has 1 aromatic heterocycles. The zero-order chi connectivity index (χ0) is 22.4. The smallest absolute Gasteiger partial charge is 0.261 e. The Bertz CT molecular complexity index is 1080. The van der Waals surface area contributed by atoms with Gasteiger partial charge in [-0.05, 0) is 55.4 Å². The third kappa shape index (κ3) is 6.17. The summed E-state index contributed by atoms with van der Waals surface area (Å²) in [5, 5.41) is 6.81. The van der Waals surface area contributed by atoms with E-state index in [1.54, 1.807) is 30.3 Å². The number of thiophene rings is 1. The van der Waals surface area contributed by atoms with Crippen molar-refractivity contribution in [3.63, 3.8) is 0 Å². The molecule has 0 saturated carbocycles. The first kappa shape index (κ1) is 23.0. The first-order valence-corrected chi connectivity index (χ1v) is 11.3. The number of nitrogens with one attached hydrogen (secondary N) is 2. The zero-order valence-corrected chi connectivity index (χ0v) is 19.4. The largest absolute Gasteiger partial charge is 0.347 e. The van der Waals surface area contributed by atoms with Gasteiger partial charge < -0.3 is 15.5 Å². The van der Waals surface area contributed by atoms with Crippen LogP contribution in [0.5, 0.6) is 0 Å². The molecule has 0 aliphatic heterocycles. The van der Waals surface area contributed by atoms with Gasteiger partial charge >= 0.3 is 0 Å². The third-order valence-electron chi connectivity index (χ3n) is 4.92. The molecule has 0 aliphatic carbocycles. The number of carbonyl (C=O) groups is 2. The van der Waals surface area contributed by atoms with Crippen molar-refractivity contribution in [2.75, 3.05) is 18.9 Å². The molecule has 5 nitrogen and oxygen atoms in total. The van der Waals surface area contributed by atoms with Gasteiger partial charge in [-0.25, -0.2) is 0 Å². The maximum Gasteiger partial charge on any atom is 0.261 e. The van der Waals surface area contributed by atoms with Crippen molar-refractivity contribution >= 4 is 39.8 Å². The molecule has 0 aliphatic rings. The van der Waals surface area contributed by atoms with E-state index in [1.807, 2.05) is 19.1 Å². The number of halogens is 1. The normalized spacial score (nSPS) is 10.9. The Kier molecular flexibility index (Phi) is 7.85. The lowest BCUT2D eigenvalue weighted by Crippen LogP contribution is -2.22. The number of benzene rings is 2. The number of hydrogen-bond acceptors (Lipinski definition) is 4. The van der Waals surface area contributed by atoms with Gasteiger partial charge in [0, 0.05) is 13.1 Å². The second kappa shape index (κ2) is 10.6. The fraction of sp³-hybridized carbons (Fsp3) is 0.250. The Morgan fingerprint density at radius 3 is 2.52 bits per heavy atom. The first-order valence-electron chi connectivity index (χ1n) is 10.1. The summed E-state index contributed by atoms with van der Waals surface area (Å²) in [6, 6.07) is 16.9. The molecule has 0 atom stereocenters. The van der Waals surface area contributed by atoms with Gasteiger partial charge in [0.15, 0.2) is 0 Å². The average molecular weight is 456 g/mol. The summed E-state index contributed by atoms with van der Waals surface area (Å²) in [7, 11) is 2.08. The van der Waals surface area contributed by atoms with E-state index >= 15 is 0 Å². The Morgan fingerprint density at radius 1 is 1.03 bits per heavy atom. The summed E-state index contributed by atoms with van der Waals surface area (Å²) in [5.41, 5.74) is 3.48. The summed E-state index contributed by atoms with van der Waals surface area (Å²) >= 11 is 7.35. The summed E-state index contributed by atoms with van der Waals surface area (Å²) in [4.78, 5) is 28.0. The minimum Gasteiger partial charge on any atom is -0.347 e. The molecule has 0 radical (unpaired) electrons. The number of amides is 2. The van der Waals surface area contributed by atoms with E-state index < -0.39 is 0 Å². The second-order valence-electron chi connectivity index (χ2n) is 7.39. The van der Waals surface area contributed by atoms with Crippen LogP contribution in [0.3, 0.4) is 0 Å². The van der Waals surface area contributed by atoms with Gasteiger partial charge in [0.05, 0.1) is 20.5 Å². The van der Waals surface area contributed by atoms with Crippen molar-refractivity contribution in [1.82, 2.24) is 10.2 Å². The van der Waals surface area contributed by atoms with Crippen molar-refractivity contribution in [3.8, 4) is 0 Å². The highest BCUT2D eigenvalue weighted by Crippen LogP contribution is 2.28. The molecule has 2 amide bonds. The predicted molar refractivity (Wildman–Crippen MR) is 128 cm³/mol. The Morgan fingerprint density at radius 2 is 1.77 bits per heavy atom. The van der Waals surface area contributed by atoms with Gasteiger partial charge in [-0.2, -0.15) is 0 Å². The molecule has 0 bridgehead atoms. The van der Waals surface area contributed by atoms with E-state index in [4.69, 9.17) is 11.6 Å². The molecule has 0 unspecified atom stereocenters. The predicted octanol–water partition coefficient (Wildman–Crippen LogP) is 5.34. The molecule has 0 saturated heterocycles. The van der Waals surface area contributed by atoms with Crippen molar-refractivity contribution < 1.29 is 9.59 Å². The van der Waals surface area contributed by atoms with Gasteiger partial charge in [-0.15, -0.1) is 11.3 Å². The van der Waals surface area contributed by atoms with Gasteiger partial charge in [0.1, 0.15) is 0 Å². The van der Waals surface area contributed by atoms with Crippen LogP contribution in [0.4, 0.5) is 5.00 Å². The van der Waals surface area contributed by atoms with Crippen LogP contribution < -0.4 is 10.6 Å². The number of hydrogen-bond donors (Lipinski definition) is 2. The van der Waals surface area contributed by atoms with E-state index in [-0.39, 0.29) is 11.8 Å². The molecule has 3 aromatic rings. The van der Waals surface area contributed by atoms with Crippen molar-refractivity contribution in [2.24, 2.45) is 0 Å². The van der Waals surface area contributed by atoms with Crippen LogP contribution in [-0.2, 0) is 13.1 Å². The van der Waals surface area contributed by atoms with Crippen molar-refractivity contribution in [3.05, 3.63) is 86.8 Å². The molecular weight excluding hydrogens is 430 g/mol. The van der Waals surface area contributed by atoms with E-state index in [9.17, 15) is 9.59 Å². The quantitative estimate of drug-likeness (QED) is 0.481. The highest BCUT2D eigenvalue weighted by molar-refractivity contribution is 7.18. The lowest BCUT2D eigenvalue weighted by molar-refractivity contribution is 0.0953. The van der Waals surface area contributed by atoms with E-state index in [0.717, 1.165) is 24.2 Å². The Balaban J connectivity index is 1.63. The van der Waals surface area contributed by atoms with Gasteiger partial charge in [-0.3, -0.25) is 9.59 Å². The Hall–Kier alpha value is -2.67. The maximum absolute atomic E-state index is 12.7. The highest BCUT2D eigenvalue weighted by atomic mass is 35.5. The molecule has 2 N–H and O–H groups in total. The van der Waals surface area contributed by atoms with Gasteiger partial charge in [-0.1, -0.05) is 54.9 Å². The molecule has 1 heterocycles. The molecule has 0 spiro atoms. The summed E-state index contributed by atoms with van der Waals surface area (Å²) < 4.78 is 0. The van der Waals surface area contributed by atoms with E-state index in [2.05, 4.69) is 41.6 Å². The van der Waals surface area contributed by atoms with Gasteiger partial charge in [0.2, 0.25) is 0 Å². The van der Waals surface area contributed by atoms with Crippen LogP contribution in [0, 0.1) is 6.92 Å². The lowest BCUT2D eigenvalue weighted by Gasteiger charge is -2.14. The van der Waals surface area contributed by atoms with E-state index in [0.29, 0.717) is 27.0 Å². The summed E-state index contributed by atoms with van der Waals surface area (Å²) in [5.74, 6) is -0.454. The summed E-state index contributed by atoms with van der Waals surface area (Å²) in [6.45, 7) is 6.28. The molecule has 31 heavy (non-hydrogen) atoms. The first-order chi connectivity index (χ1) is 14.9. The molecule has 0 fully saturated rings. The highest BCUT2D eigenvalue weighted by Gasteiger charge is 2.16. The number of nitrogens with zero attached hydrogens (tertiary/aromatic N) is 1. The van der Waals surface area contributed by atoms with Crippen LogP contribution >= 0.6 is 22.9 Å². The minimum atomic E-state index is -0.298. The average Bonchev–Trinajstić information content (AvgIpc) is 3.12. The van der Waals surface area contributed by atoms with Crippen molar-refractivity contribution in [1.29, 1.82) is 0 Å². The van der Waals surface area contributed by atoms with Crippen LogP contribution in [0.15, 0.2) is 54.6 Å². The zero-order valence-electron chi connectivity index (χ0n) is 17.9. The van der Waals surface area contributed by atoms with Gasteiger partial charge in [0.25, 0.3) is 11.8 Å². The number of rotatable bonds is 8. The topological polar surface area (TPSA) is 61.4 Å². The fourth-order valence-electron chi connectivity index (χ4n) is 3.12. The monoisotopic (exact) mass is 455 g/mol.